The van der Waals surface area contributed by atoms with Crippen molar-refractivity contribution >= 4 is 5.97 Å². The van der Waals surface area contributed by atoms with Crippen LogP contribution in [0.4, 0.5) is 8.78 Å². The number of hydrogen-bond acceptors (Lipinski definition) is 3. The van der Waals surface area contributed by atoms with E-state index in [0.29, 0.717) is 5.56 Å². The van der Waals surface area contributed by atoms with E-state index < -0.39 is 24.4 Å². The highest BCUT2D eigenvalue weighted by Crippen LogP contribution is 2.31. The molecule has 0 aliphatic heterocycles. The Balaban J connectivity index is 3.06. The molecule has 0 aliphatic carbocycles. The molecule has 1 aromatic rings. The van der Waals surface area contributed by atoms with Crippen LogP contribution in [-0.4, -0.2) is 18.2 Å². The van der Waals surface area contributed by atoms with Gasteiger partial charge in [0.2, 0.25) is 0 Å². The number of carbonyl (C=O) groups is 1. The van der Waals surface area contributed by atoms with Gasteiger partial charge in [-0.1, -0.05) is 32.0 Å². The van der Waals surface area contributed by atoms with Crippen LogP contribution in [0.15, 0.2) is 24.3 Å². The fraction of sp³-hybridized carbons (Fsp3) is 0.500. The van der Waals surface area contributed by atoms with Crippen LogP contribution in [-0.2, 0) is 9.53 Å². The summed E-state index contributed by atoms with van der Waals surface area (Å²) in [4.78, 5) is 11.7. The second-order valence-electron chi connectivity index (χ2n) is 4.71. The van der Waals surface area contributed by atoms with Crippen molar-refractivity contribution in [3.63, 3.8) is 0 Å². The number of aliphatic hydroxyl groups is 1. The lowest BCUT2D eigenvalue weighted by Crippen LogP contribution is -2.28. The van der Waals surface area contributed by atoms with Crippen LogP contribution in [0.2, 0.25) is 0 Å². The molecule has 3 nitrogen and oxygen atoms in total. The van der Waals surface area contributed by atoms with E-state index in [1.807, 2.05) is 0 Å². The van der Waals surface area contributed by atoms with Gasteiger partial charge in [0.15, 0.2) is 0 Å². The summed E-state index contributed by atoms with van der Waals surface area (Å²) in [7, 11) is 1.24. The summed E-state index contributed by atoms with van der Waals surface area (Å²) in [5.74, 6) is -1.50. The first kappa shape index (κ1) is 15.6. The first-order valence-electron chi connectivity index (χ1n) is 6.02. The van der Waals surface area contributed by atoms with Crippen molar-refractivity contribution in [2.75, 3.05) is 7.11 Å². The molecule has 0 aliphatic rings. The Labute approximate surface area is 111 Å². The second kappa shape index (κ2) is 6.61. The summed E-state index contributed by atoms with van der Waals surface area (Å²) in [6, 6.07) is 5.46. The van der Waals surface area contributed by atoms with E-state index in [9.17, 15) is 18.7 Å². The first-order chi connectivity index (χ1) is 8.88. The van der Waals surface area contributed by atoms with Gasteiger partial charge in [0.05, 0.1) is 19.1 Å². The average Bonchev–Trinajstić information content (AvgIpc) is 2.38. The van der Waals surface area contributed by atoms with Gasteiger partial charge in [-0.3, -0.25) is 4.79 Å². The van der Waals surface area contributed by atoms with Crippen molar-refractivity contribution in [1.29, 1.82) is 0 Å². The minimum Gasteiger partial charge on any atom is -0.469 e. The molecule has 1 rings (SSSR count). The Morgan fingerprint density at radius 2 is 1.84 bits per heavy atom. The largest absolute Gasteiger partial charge is 0.469 e. The molecular weight excluding hydrogens is 254 g/mol. The maximum absolute atomic E-state index is 12.6. The molecule has 1 N–H and O–H groups in total. The molecular formula is C14H18F2O3. The van der Waals surface area contributed by atoms with Gasteiger partial charge in [0, 0.05) is 5.56 Å². The summed E-state index contributed by atoms with van der Waals surface area (Å²) < 4.78 is 29.9. The third kappa shape index (κ3) is 3.73. The van der Waals surface area contributed by atoms with E-state index in [4.69, 9.17) is 0 Å². The van der Waals surface area contributed by atoms with Crippen LogP contribution in [0.25, 0.3) is 0 Å². The average molecular weight is 272 g/mol. The zero-order valence-electron chi connectivity index (χ0n) is 11.1. The van der Waals surface area contributed by atoms with E-state index in [1.165, 1.54) is 31.4 Å². The van der Waals surface area contributed by atoms with E-state index in [2.05, 4.69) is 4.74 Å². The van der Waals surface area contributed by atoms with Crippen molar-refractivity contribution in [1.82, 2.24) is 0 Å². The molecule has 0 heterocycles. The Morgan fingerprint density at radius 3 is 2.32 bits per heavy atom. The van der Waals surface area contributed by atoms with Gasteiger partial charge in [-0.15, -0.1) is 0 Å². The predicted molar refractivity (Wildman–Crippen MR) is 66.7 cm³/mol. The molecule has 0 spiro atoms. The number of hydrogen-bond donors (Lipinski definition) is 1. The van der Waals surface area contributed by atoms with Gasteiger partial charge >= 0.3 is 5.97 Å². The number of alkyl halides is 2. The smallest absolute Gasteiger partial charge is 0.311 e. The molecule has 19 heavy (non-hydrogen) atoms. The van der Waals surface area contributed by atoms with Gasteiger partial charge in [-0.2, -0.15) is 0 Å². The number of halogens is 2. The Bertz CT molecular complexity index is 432. The molecule has 0 amide bonds. The monoisotopic (exact) mass is 272 g/mol. The van der Waals surface area contributed by atoms with Crippen LogP contribution in [0.5, 0.6) is 0 Å². The standard InChI is InChI=1S/C14H18F2O3/c1-8(2)11(14(18)19-3)12(17)9-5-4-6-10(7-9)13(15)16/h4-8,11-13,17H,1-3H3. The number of rotatable bonds is 5. The zero-order valence-corrected chi connectivity index (χ0v) is 11.1. The maximum Gasteiger partial charge on any atom is 0.311 e. The van der Waals surface area contributed by atoms with Crippen molar-refractivity contribution in [2.45, 2.75) is 26.4 Å². The quantitative estimate of drug-likeness (QED) is 0.838. The molecule has 1 aromatic carbocycles. The molecule has 2 unspecified atom stereocenters. The molecule has 0 bridgehead atoms. The van der Waals surface area contributed by atoms with E-state index in [1.54, 1.807) is 13.8 Å². The molecule has 106 valence electrons. The van der Waals surface area contributed by atoms with Crippen LogP contribution < -0.4 is 0 Å². The summed E-state index contributed by atoms with van der Waals surface area (Å²) in [5.41, 5.74) is 0.117. The maximum atomic E-state index is 12.6. The van der Waals surface area contributed by atoms with Gasteiger partial charge in [0.1, 0.15) is 0 Å². The predicted octanol–water partition coefficient (Wildman–Crippen LogP) is 3.10. The van der Waals surface area contributed by atoms with E-state index >= 15 is 0 Å². The zero-order chi connectivity index (χ0) is 14.6. The first-order valence-corrected chi connectivity index (χ1v) is 6.02. The highest BCUT2D eigenvalue weighted by atomic mass is 19.3. The van der Waals surface area contributed by atoms with Crippen LogP contribution in [0, 0.1) is 11.8 Å². The molecule has 0 aromatic heterocycles. The van der Waals surface area contributed by atoms with Crippen molar-refractivity contribution in [2.24, 2.45) is 11.8 Å². The Kier molecular flexibility index (Phi) is 5.42. The molecule has 0 saturated carbocycles. The lowest BCUT2D eigenvalue weighted by molar-refractivity contribution is -0.152. The molecule has 5 heteroatoms. The Morgan fingerprint density at radius 1 is 1.26 bits per heavy atom. The van der Waals surface area contributed by atoms with Gasteiger partial charge in [0.25, 0.3) is 6.43 Å². The summed E-state index contributed by atoms with van der Waals surface area (Å²) in [6.07, 6.45) is -3.77. The third-order valence-electron chi connectivity index (χ3n) is 3.04. The van der Waals surface area contributed by atoms with Crippen LogP contribution >= 0.6 is 0 Å². The normalized spacial score (nSPS) is 14.5. The molecule has 0 saturated heterocycles. The second-order valence-corrected chi connectivity index (χ2v) is 4.71. The number of ether oxygens (including phenoxy) is 1. The van der Waals surface area contributed by atoms with Crippen LogP contribution in [0.3, 0.4) is 0 Å². The Hall–Kier alpha value is -1.49. The molecule has 0 fully saturated rings. The highest BCUT2D eigenvalue weighted by Gasteiger charge is 2.32. The fourth-order valence-corrected chi connectivity index (χ4v) is 1.99. The van der Waals surface area contributed by atoms with Crippen molar-refractivity contribution in [3.8, 4) is 0 Å². The minimum atomic E-state index is -2.61. The topological polar surface area (TPSA) is 46.5 Å². The number of benzene rings is 1. The fourth-order valence-electron chi connectivity index (χ4n) is 1.99. The molecule has 2 atom stereocenters. The van der Waals surface area contributed by atoms with Crippen molar-refractivity contribution < 1.29 is 23.4 Å². The third-order valence-corrected chi connectivity index (χ3v) is 3.04. The van der Waals surface area contributed by atoms with Crippen molar-refractivity contribution in [3.05, 3.63) is 35.4 Å². The number of aliphatic hydroxyl groups excluding tert-OH is 1. The lowest BCUT2D eigenvalue weighted by atomic mass is 9.86. The van der Waals surface area contributed by atoms with Gasteiger partial charge in [-0.25, -0.2) is 8.78 Å². The molecule has 0 radical (unpaired) electrons. The summed E-state index contributed by atoms with van der Waals surface area (Å²) >= 11 is 0. The summed E-state index contributed by atoms with van der Waals surface area (Å²) in [6.45, 7) is 3.53. The van der Waals surface area contributed by atoms with Gasteiger partial charge in [-0.05, 0) is 17.5 Å². The summed E-state index contributed by atoms with van der Waals surface area (Å²) in [5, 5.41) is 10.2. The van der Waals surface area contributed by atoms with E-state index in [-0.39, 0.29) is 11.5 Å². The lowest BCUT2D eigenvalue weighted by Gasteiger charge is -2.24. The van der Waals surface area contributed by atoms with E-state index in [0.717, 1.165) is 0 Å². The number of methoxy groups -OCH3 is 1. The SMILES string of the molecule is COC(=O)C(C(C)C)C(O)c1cccc(C(F)F)c1. The number of carbonyl (C=O) groups excluding carboxylic acids is 1. The van der Waals surface area contributed by atoms with Crippen LogP contribution in [0.1, 0.15) is 37.5 Å². The minimum absolute atomic E-state index is 0.169. The highest BCUT2D eigenvalue weighted by molar-refractivity contribution is 5.73. The number of esters is 1. The van der Waals surface area contributed by atoms with Gasteiger partial charge < -0.3 is 9.84 Å².